The quantitative estimate of drug-likeness (QED) is 0.644. The van der Waals surface area contributed by atoms with Crippen molar-refractivity contribution < 1.29 is 4.74 Å². The number of methoxy groups -OCH3 is 1. The maximum absolute atomic E-state index is 4.95. The summed E-state index contributed by atoms with van der Waals surface area (Å²) < 4.78 is 4.95. The lowest BCUT2D eigenvalue weighted by Gasteiger charge is -2.11. The molecule has 0 spiro atoms. The van der Waals surface area contributed by atoms with Crippen LogP contribution in [0.15, 0.2) is 12.3 Å². The molecule has 0 bridgehead atoms. The van der Waals surface area contributed by atoms with Gasteiger partial charge in [-0.05, 0) is 20.2 Å². The molecule has 96 valence electrons. The standard InChI is InChI=1S/C11H21N5O/c1-16(2)8-6-12-10-4-5-13-11(15-10)14-7-9-17-3/h4-5H,6-9H2,1-3H3,(H2,12,13,14,15). The first kappa shape index (κ1) is 13.7. The number of aromatic nitrogens is 2. The molecular weight excluding hydrogens is 218 g/mol. The van der Waals surface area contributed by atoms with E-state index in [-0.39, 0.29) is 0 Å². The van der Waals surface area contributed by atoms with Gasteiger partial charge in [-0.3, -0.25) is 0 Å². The van der Waals surface area contributed by atoms with Crippen LogP contribution in [0.1, 0.15) is 0 Å². The average molecular weight is 239 g/mol. The van der Waals surface area contributed by atoms with Crippen molar-refractivity contribution in [3.05, 3.63) is 12.3 Å². The predicted molar refractivity (Wildman–Crippen MR) is 69.4 cm³/mol. The van der Waals surface area contributed by atoms with Crippen LogP contribution in [0.5, 0.6) is 0 Å². The van der Waals surface area contributed by atoms with Crippen molar-refractivity contribution in [2.24, 2.45) is 0 Å². The molecule has 0 aliphatic carbocycles. The Labute approximate surface area is 102 Å². The van der Waals surface area contributed by atoms with E-state index in [4.69, 9.17) is 4.74 Å². The van der Waals surface area contributed by atoms with Gasteiger partial charge in [-0.15, -0.1) is 0 Å². The molecular formula is C11H21N5O. The van der Waals surface area contributed by atoms with Crippen LogP contribution in [0.2, 0.25) is 0 Å². The SMILES string of the molecule is COCCNc1nccc(NCCN(C)C)n1. The van der Waals surface area contributed by atoms with E-state index in [0.29, 0.717) is 19.1 Å². The Morgan fingerprint density at radius 3 is 2.82 bits per heavy atom. The molecule has 0 aliphatic heterocycles. The smallest absolute Gasteiger partial charge is 0.224 e. The fraction of sp³-hybridized carbons (Fsp3) is 0.636. The van der Waals surface area contributed by atoms with Crippen molar-refractivity contribution in [1.82, 2.24) is 14.9 Å². The fourth-order valence-corrected chi connectivity index (χ4v) is 1.21. The number of rotatable bonds is 8. The van der Waals surface area contributed by atoms with Crippen LogP contribution >= 0.6 is 0 Å². The second kappa shape index (κ2) is 7.81. The molecule has 0 atom stereocenters. The van der Waals surface area contributed by atoms with Crippen LogP contribution in [0.25, 0.3) is 0 Å². The van der Waals surface area contributed by atoms with E-state index in [1.165, 1.54) is 0 Å². The van der Waals surface area contributed by atoms with Gasteiger partial charge < -0.3 is 20.3 Å². The minimum atomic E-state index is 0.622. The van der Waals surface area contributed by atoms with Gasteiger partial charge in [0.05, 0.1) is 6.61 Å². The van der Waals surface area contributed by atoms with Gasteiger partial charge in [0.15, 0.2) is 0 Å². The van der Waals surface area contributed by atoms with Crippen molar-refractivity contribution in [3.63, 3.8) is 0 Å². The van der Waals surface area contributed by atoms with Gasteiger partial charge in [0.2, 0.25) is 5.95 Å². The third-order valence-electron chi connectivity index (χ3n) is 2.11. The van der Waals surface area contributed by atoms with Crippen LogP contribution in [-0.2, 0) is 4.74 Å². The zero-order valence-corrected chi connectivity index (χ0v) is 10.7. The Balaban J connectivity index is 2.37. The van der Waals surface area contributed by atoms with Crippen LogP contribution in [0, 0.1) is 0 Å². The van der Waals surface area contributed by atoms with Crippen LogP contribution in [0.4, 0.5) is 11.8 Å². The molecule has 6 heteroatoms. The Morgan fingerprint density at radius 1 is 1.29 bits per heavy atom. The topological polar surface area (TPSA) is 62.3 Å². The largest absolute Gasteiger partial charge is 0.383 e. The number of anilines is 2. The molecule has 0 radical (unpaired) electrons. The predicted octanol–water partition coefficient (Wildman–Crippen LogP) is 0.508. The summed E-state index contributed by atoms with van der Waals surface area (Å²) in [5.41, 5.74) is 0. The first-order valence-electron chi connectivity index (χ1n) is 5.67. The van der Waals surface area contributed by atoms with E-state index in [0.717, 1.165) is 18.9 Å². The van der Waals surface area contributed by atoms with Gasteiger partial charge in [-0.25, -0.2) is 4.98 Å². The lowest BCUT2D eigenvalue weighted by atomic mass is 10.5. The van der Waals surface area contributed by atoms with Crippen LogP contribution < -0.4 is 10.6 Å². The van der Waals surface area contributed by atoms with Gasteiger partial charge in [0.1, 0.15) is 5.82 Å². The lowest BCUT2D eigenvalue weighted by molar-refractivity contribution is 0.210. The average Bonchev–Trinajstić information content (AvgIpc) is 2.29. The minimum absolute atomic E-state index is 0.622. The first-order valence-corrected chi connectivity index (χ1v) is 5.67. The summed E-state index contributed by atoms with van der Waals surface area (Å²) in [4.78, 5) is 10.6. The zero-order valence-electron chi connectivity index (χ0n) is 10.7. The molecule has 6 nitrogen and oxygen atoms in total. The number of hydrogen-bond acceptors (Lipinski definition) is 6. The van der Waals surface area contributed by atoms with Crippen LogP contribution in [0.3, 0.4) is 0 Å². The van der Waals surface area contributed by atoms with Gasteiger partial charge >= 0.3 is 0 Å². The van der Waals surface area contributed by atoms with E-state index in [1.54, 1.807) is 13.3 Å². The van der Waals surface area contributed by atoms with Gasteiger partial charge in [-0.1, -0.05) is 0 Å². The Kier molecular flexibility index (Phi) is 6.27. The molecule has 1 aromatic heterocycles. The molecule has 0 fully saturated rings. The molecule has 0 saturated carbocycles. The summed E-state index contributed by atoms with van der Waals surface area (Å²) in [6.07, 6.45) is 1.74. The highest BCUT2D eigenvalue weighted by Crippen LogP contribution is 2.04. The van der Waals surface area contributed by atoms with E-state index in [2.05, 4.69) is 25.5 Å². The van der Waals surface area contributed by atoms with Crippen molar-refractivity contribution in [3.8, 4) is 0 Å². The van der Waals surface area contributed by atoms with Gasteiger partial charge in [0, 0.05) is 32.9 Å². The first-order chi connectivity index (χ1) is 8.22. The molecule has 17 heavy (non-hydrogen) atoms. The molecule has 1 heterocycles. The van der Waals surface area contributed by atoms with Crippen molar-refractivity contribution in [2.45, 2.75) is 0 Å². The zero-order chi connectivity index (χ0) is 12.5. The summed E-state index contributed by atoms with van der Waals surface area (Å²) in [5.74, 6) is 1.46. The molecule has 2 N–H and O–H groups in total. The normalized spacial score (nSPS) is 10.6. The highest BCUT2D eigenvalue weighted by molar-refractivity contribution is 5.39. The summed E-state index contributed by atoms with van der Waals surface area (Å²) in [6.45, 7) is 3.18. The summed E-state index contributed by atoms with van der Waals surface area (Å²) in [6, 6.07) is 1.86. The highest BCUT2D eigenvalue weighted by Gasteiger charge is 1.98. The second-order valence-corrected chi connectivity index (χ2v) is 3.92. The van der Waals surface area contributed by atoms with Gasteiger partial charge in [0.25, 0.3) is 0 Å². The van der Waals surface area contributed by atoms with Crippen molar-refractivity contribution in [1.29, 1.82) is 0 Å². The molecule has 0 amide bonds. The third kappa shape index (κ3) is 6.03. The lowest BCUT2D eigenvalue weighted by Crippen LogP contribution is -2.21. The van der Waals surface area contributed by atoms with E-state index >= 15 is 0 Å². The Bertz CT molecular complexity index is 318. The maximum atomic E-state index is 4.95. The number of nitrogens with one attached hydrogen (secondary N) is 2. The third-order valence-corrected chi connectivity index (χ3v) is 2.11. The fourth-order valence-electron chi connectivity index (χ4n) is 1.21. The minimum Gasteiger partial charge on any atom is -0.383 e. The van der Waals surface area contributed by atoms with E-state index in [9.17, 15) is 0 Å². The second-order valence-electron chi connectivity index (χ2n) is 3.92. The summed E-state index contributed by atoms with van der Waals surface area (Å²) in [5, 5.41) is 6.33. The molecule has 1 rings (SSSR count). The Hall–Kier alpha value is -1.40. The summed E-state index contributed by atoms with van der Waals surface area (Å²) in [7, 11) is 5.75. The van der Waals surface area contributed by atoms with Crippen molar-refractivity contribution in [2.75, 3.05) is 58.1 Å². The number of likely N-dealkylation sites (N-methyl/N-ethyl adjacent to an activating group) is 1. The van der Waals surface area contributed by atoms with E-state index in [1.807, 2.05) is 20.2 Å². The van der Waals surface area contributed by atoms with E-state index < -0.39 is 0 Å². The molecule has 1 aromatic rings. The van der Waals surface area contributed by atoms with Crippen molar-refractivity contribution >= 4 is 11.8 Å². The molecule has 0 unspecified atom stereocenters. The number of hydrogen-bond donors (Lipinski definition) is 2. The number of ether oxygens (including phenoxy) is 1. The monoisotopic (exact) mass is 239 g/mol. The molecule has 0 aromatic carbocycles. The Morgan fingerprint density at radius 2 is 2.12 bits per heavy atom. The number of nitrogens with zero attached hydrogens (tertiary/aromatic N) is 3. The van der Waals surface area contributed by atoms with Crippen LogP contribution in [-0.4, -0.2) is 62.3 Å². The molecule has 0 aliphatic rings. The molecule has 0 saturated heterocycles. The van der Waals surface area contributed by atoms with Gasteiger partial charge in [-0.2, -0.15) is 4.98 Å². The summed E-state index contributed by atoms with van der Waals surface area (Å²) >= 11 is 0. The maximum Gasteiger partial charge on any atom is 0.224 e. The highest BCUT2D eigenvalue weighted by atomic mass is 16.5.